The van der Waals surface area contributed by atoms with E-state index in [1.807, 2.05) is 30.3 Å². The molecule has 0 radical (unpaired) electrons. The van der Waals surface area contributed by atoms with Gasteiger partial charge in [0.15, 0.2) is 0 Å². The molecular weight excluding hydrogens is 464 g/mol. The molecule has 1 aromatic heterocycles. The Bertz CT molecular complexity index is 1090. The molecule has 0 atom stereocenters. The normalized spacial score (nSPS) is 10.7. The van der Waals surface area contributed by atoms with Gasteiger partial charge < -0.3 is 9.47 Å². The Balaban J connectivity index is 0.000000555. The van der Waals surface area contributed by atoms with Crippen LogP contribution in [0.4, 0.5) is 0 Å². The molecule has 3 aromatic carbocycles. The Morgan fingerprint density at radius 1 is 0.545 bits per heavy atom. The van der Waals surface area contributed by atoms with E-state index < -0.39 is 10.2 Å². The highest BCUT2D eigenvalue weighted by molar-refractivity contribution is 7.18. The van der Waals surface area contributed by atoms with Gasteiger partial charge in [0.1, 0.15) is 11.5 Å². The van der Waals surface area contributed by atoms with E-state index in [-0.39, 0.29) is 0 Å². The lowest BCUT2D eigenvalue weighted by Crippen LogP contribution is -2.68. The first-order valence-corrected chi connectivity index (χ1v) is 11.8. The zero-order chi connectivity index (χ0) is 23.8. The van der Waals surface area contributed by atoms with Gasteiger partial charge in [-0.3, -0.25) is 0 Å². The van der Waals surface area contributed by atoms with Gasteiger partial charge >= 0.3 is 0 Å². The van der Waals surface area contributed by atoms with Crippen molar-refractivity contribution in [3.8, 4) is 43.5 Å². The van der Waals surface area contributed by atoms with E-state index in [2.05, 4.69) is 60.7 Å². The van der Waals surface area contributed by atoms with Crippen molar-refractivity contribution in [1.29, 1.82) is 0 Å². The smallest absolute Gasteiger partial charge is 0.239 e. The number of benzene rings is 3. The largest absolute Gasteiger partial charge is 0.497 e. The standard InChI is InChI=1S/C25H21O2S.ClHO4/c1-26-22-12-8-19(9-13-22)24-16-21(18-6-4-3-5-7-18)17-25(28-24)20-10-14-23(27-2)15-11-20;2-1(3,4)5/h3-17H,1-2H3;(H,2,3,4,5)/q+1;/p-1. The van der Waals surface area contributed by atoms with Gasteiger partial charge in [-0.05, 0) is 59.7 Å². The molecule has 4 aromatic rings. The minimum Gasteiger partial charge on any atom is -0.497 e. The van der Waals surface area contributed by atoms with Crippen LogP contribution in [0, 0.1) is 10.2 Å². The van der Waals surface area contributed by atoms with Gasteiger partial charge in [-0.15, -0.1) is 10.2 Å². The Morgan fingerprint density at radius 3 is 1.30 bits per heavy atom. The summed E-state index contributed by atoms with van der Waals surface area (Å²) in [5.41, 5.74) is 4.77. The van der Waals surface area contributed by atoms with Crippen LogP contribution in [0.2, 0.25) is 0 Å². The summed E-state index contributed by atoms with van der Waals surface area (Å²) < 4.78 is 44.6. The van der Waals surface area contributed by atoms with E-state index in [0.717, 1.165) is 11.5 Å². The maximum absolute atomic E-state index is 8.49. The number of ether oxygens (including phenoxy) is 2. The lowest BCUT2D eigenvalue weighted by molar-refractivity contribution is -2.00. The number of halogens is 1. The van der Waals surface area contributed by atoms with Crippen LogP contribution in [-0.4, -0.2) is 14.2 Å². The number of hydrogen-bond acceptors (Lipinski definition) is 6. The average Bonchev–Trinajstić information content (AvgIpc) is 2.83. The first-order chi connectivity index (χ1) is 15.8. The topological polar surface area (TPSA) is 111 Å². The van der Waals surface area contributed by atoms with E-state index in [0.29, 0.717) is 0 Å². The maximum Gasteiger partial charge on any atom is 0.239 e. The van der Waals surface area contributed by atoms with Gasteiger partial charge in [0.05, 0.1) is 14.2 Å². The summed E-state index contributed by atoms with van der Waals surface area (Å²) in [6, 6.07) is 31.5. The van der Waals surface area contributed by atoms with Gasteiger partial charge in [0.2, 0.25) is 21.1 Å². The van der Waals surface area contributed by atoms with Crippen LogP contribution in [0.5, 0.6) is 11.5 Å². The minimum atomic E-state index is -4.94. The second-order valence-electron chi connectivity index (χ2n) is 6.78. The molecule has 0 aliphatic rings. The quantitative estimate of drug-likeness (QED) is 0.402. The number of methoxy groups -OCH3 is 2. The lowest BCUT2D eigenvalue weighted by atomic mass is 10.0. The first kappa shape index (κ1) is 24.6. The SMILES string of the molecule is COc1ccc(-c2cc(-c3ccccc3)cc(-c3ccc(OC)cc3)[s+]2)cc1.[O-][Cl+3]([O-])([O-])[O-]. The van der Waals surface area contributed by atoms with E-state index >= 15 is 0 Å². The second kappa shape index (κ2) is 11.2. The summed E-state index contributed by atoms with van der Waals surface area (Å²) in [7, 11) is -1.56. The molecule has 0 amide bonds. The summed E-state index contributed by atoms with van der Waals surface area (Å²) in [4.78, 5) is 2.43. The summed E-state index contributed by atoms with van der Waals surface area (Å²) in [6.07, 6.45) is 0. The minimum absolute atomic E-state index is 0.864. The van der Waals surface area contributed by atoms with Crippen LogP contribution in [-0.2, 0) is 0 Å². The molecule has 8 heteroatoms. The molecule has 0 unspecified atom stereocenters. The highest BCUT2D eigenvalue weighted by Gasteiger charge is 2.19. The van der Waals surface area contributed by atoms with Gasteiger partial charge in [-0.2, -0.15) is 0 Å². The van der Waals surface area contributed by atoms with E-state index in [1.165, 1.54) is 32.0 Å². The van der Waals surface area contributed by atoms with Crippen LogP contribution in [0.3, 0.4) is 0 Å². The highest BCUT2D eigenvalue weighted by atomic mass is 35.7. The summed E-state index contributed by atoms with van der Waals surface area (Å²) >= 11 is 1.78. The van der Waals surface area contributed by atoms with E-state index in [9.17, 15) is 0 Å². The van der Waals surface area contributed by atoms with Crippen molar-refractivity contribution < 1.29 is 38.4 Å². The summed E-state index contributed by atoms with van der Waals surface area (Å²) in [5, 5.41) is 0. The second-order valence-corrected chi connectivity index (χ2v) is 8.62. The van der Waals surface area contributed by atoms with Crippen molar-refractivity contribution in [1.82, 2.24) is 0 Å². The fourth-order valence-electron chi connectivity index (χ4n) is 3.09. The third-order valence-electron chi connectivity index (χ3n) is 4.65. The molecule has 170 valence electrons. The van der Waals surface area contributed by atoms with E-state index in [1.54, 1.807) is 25.6 Å². The van der Waals surface area contributed by atoms with Gasteiger partial charge in [0.25, 0.3) is 0 Å². The van der Waals surface area contributed by atoms with Crippen molar-refractivity contribution >= 4 is 11.3 Å². The molecule has 0 saturated carbocycles. The third-order valence-corrected chi connectivity index (χ3v) is 5.80. The molecular formula is C25H21ClO6S. The number of hydrogen-bond donors (Lipinski definition) is 0. The van der Waals surface area contributed by atoms with Crippen LogP contribution in [0.1, 0.15) is 0 Å². The predicted molar refractivity (Wildman–Crippen MR) is 118 cm³/mol. The van der Waals surface area contributed by atoms with Gasteiger partial charge in [-0.25, -0.2) is 18.6 Å². The van der Waals surface area contributed by atoms with Crippen molar-refractivity contribution in [3.63, 3.8) is 0 Å². The molecule has 0 saturated heterocycles. The highest BCUT2D eigenvalue weighted by Crippen LogP contribution is 2.38. The van der Waals surface area contributed by atoms with Crippen LogP contribution in [0.25, 0.3) is 32.0 Å². The van der Waals surface area contributed by atoms with Gasteiger partial charge in [0, 0.05) is 23.3 Å². The molecule has 6 nitrogen and oxygen atoms in total. The van der Waals surface area contributed by atoms with Crippen molar-refractivity contribution in [2.75, 3.05) is 14.2 Å². The maximum atomic E-state index is 8.49. The van der Waals surface area contributed by atoms with Crippen molar-refractivity contribution in [3.05, 3.63) is 91.0 Å². The molecule has 0 bridgehead atoms. The Morgan fingerprint density at radius 2 is 0.939 bits per heavy atom. The average molecular weight is 485 g/mol. The lowest BCUT2D eigenvalue weighted by Gasteiger charge is -2.17. The Hall–Kier alpha value is -3.04. The van der Waals surface area contributed by atoms with Crippen molar-refractivity contribution in [2.45, 2.75) is 0 Å². The van der Waals surface area contributed by atoms with Crippen LogP contribution >= 0.6 is 11.3 Å². The molecule has 0 spiro atoms. The molecule has 0 N–H and O–H groups in total. The Kier molecular flexibility index (Phi) is 8.35. The molecule has 0 aliphatic carbocycles. The third kappa shape index (κ3) is 7.50. The monoisotopic (exact) mass is 484 g/mol. The van der Waals surface area contributed by atoms with Crippen LogP contribution in [0.15, 0.2) is 91.0 Å². The fourth-order valence-corrected chi connectivity index (χ4v) is 4.21. The Labute approximate surface area is 198 Å². The molecule has 33 heavy (non-hydrogen) atoms. The molecule has 0 aliphatic heterocycles. The predicted octanol–water partition coefficient (Wildman–Crippen LogP) is 2.29. The van der Waals surface area contributed by atoms with Crippen LogP contribution < -0.4 is 28.1 Å². The number of rotatable bonds is 5. The van der Waals surface area contributed by atoms with Gasteiger partial charge in [-0.1, -0.05) is 30.3 Å². The zero-order valence-corrected chi connectivity index (χ0v) is 19.5. The first-order valence-electron chi connectivity index (χ1n) is 9.71. The summed E-state index contributed by atoms with van der Waals surface area (Å²) in [6.45, 7) is 0. The fraction of sp³-hybridized carbons (Fsp3) is 0.0800. The van der Waals surface area contributed by atoms with Crippen molar-refractivity contribution in [2.24, 2.45) is 0 Å². The van der Waals surface area contributed by atoms with E-state index in [4.69, 9.17) is 28.1 Å². The summed E-state index contributed by atoms with van der Waals surface area (Å²) in [5.74, 6) is 1.73. The molecule has 0 fully saturated rings. The zero-order valence-electron chi connectivity index (χ0n) is 17.9. The molecule has 4 rings (SSSR count). The molecule has 1 heterocycles.